The minimum atomic E-state index is -1.60. The van der Waals surface area contributed by atoms with Gasteiger partial charge in [-0.3, -0.25) is 19.2 Å². The summed E-state index contributed by atoms with van der Waals surface area (Å²) in [7, 11) is 0. The predicted molar refractivity (Wildman–Crippen MR) is 140 cm³/mol. The Morgan fingerprint density at radius 1 is 1.00 bits per heavy atom. The molecule has 0 aromatic carbocycles. The average molecular weight is 579 g/mol. The molecule has 5 rings (SSSR count). The van der Waals surface area contributed by atoms with Crippen molar-refractivity contribution in [3.05, 3.63) is 0 Å². The highest BCUT2D eigenvalue weighted by molar-refractivity contribution is 6.40. The van der Waals surface area contributed by atoms with Crippen LogP contribution < -0.4 is 0 Å². The number of rotatable bonds is 6. The molecule has 2 N–H and O–H groups in total. The van der Waals surface area contributed by atoms with Crippen molar-refractivity contribution >= 4 is 29.5 Å². The topological polar surface area (TPSA) is 163 Å². The zero-order chi connectivity index (χ0) is 30.4. The molecule has 5 fully saturated rings. The lowest BCUT2D eigenvalue weighted by Crippen LogP contribution is -2.82. The number of hydrogen-bond acceptors (Lipinski definition) is 11. The number of fused-ring (bicyclic) bond motifs is 2. The molecule has 11 heteroatoms. The lowest BCUT2D eigenvalue weighted by atomic mass is 9.36. The van der Waals surface area contributed by atoms with E-state index in [4.69, 9.17) is 18.9 Å². The third-order valence-corrected chi connectivity index (χ3v) is 11.3. The quantitative estimate of drug-likeness (QED) is 0.266. The SMILES string of the molecule is CCC(C)C(=O)O[C@@H]1[C@H]2C(C)CC(=O)C(=O)[C@]2(C)[C@H]2[C@@H](O)[C@H](O)[C@@]3(C)OC[C@@]24[C@@H]1OC(=O)[C@H](OC(=O)C(C)CC)[C@@H]34. The Hall–Kier alpha value is -2.37. The van der Waals surface area contributed by atoms with Gasteiger partial charge in [-0.25, -0.2) is 4.79 Å². The number of carbonyl (C=O) groups is 5. The summed E-state index contributed by atoms with van der Waals surface area (Å²) in [6.07, 6.45) is -6.12. The number of esters is 3. The molecule has 2 heterocycles. The molecule has 5 aliphatic rings. The Labute approximate surface area is 239 Å². The maximum Gasteiger partial charge on any atom is 0.348 e. The Morgan fingerprint density at radius 2 is 1.59 bits per heavy atom. The summed E-state index contributed by atoms with van der Waals surface area (Å²) in [4.78, 5) is 67.1. The van der Waals surface area contributed by atoms with Gasteiger partial charge in [0.1, 0.15) is 23.9 Å². The molecule has 14 atom stereocenters. The first-order valence-electron chi connectivity index (χ1n) is 14.8. The zero-order valence-corrected chi connectivity index (χ0v) is 24.7. The van der Waals surface area contributed by atoms with Crippen LogP contribution in [0.4, 0.5) is 0 Å². The Morgan fingerprint density at radius 3 is 2.17 bits per heavy atom. The van der Waals surface area contributed by atoms with Gasteiger partial charge in [-0.05, 0) is 25.7 Å². The highest BCUT2D eigenvalue weighted by Gasteiger charge is 2.85. The van der Waals surface area contributed by atoms with E-state index in [1.807, 2.05) is 6.92 Å². The molecule has 2 saturated heterocycles. The summed E-state index contributed by atoms with van der Waals surface area (Å²) in [5.74, 6) is -7.88. The van der Waals surface area contributed by atoms with Gasteiger partial charge in [0, 0.05) is 23.7 Å². The van der Waals surface area contributed by atoms with E-state index < -0.39 is 112 Å². The molecule has 2 aliphatic heterocycles. The molecule has 1 spiro atoms. The molecule has 3 unspecified atom stereocenters. The Bertz CT molecular complexity index is 1170. The van der Waals surface area contributed by atoms with Crippen molar-refractivity contribution in [1.82, 2.24) is 0 Å². The van der Waals surface area contributed by atoms with Crippen LogP contribution in [0.25, 0.3) is 0 Å². The van der Waals surface area contributed by atoms with E-state index in [0.29, 0.717) is 12.8 Å². The largest absolute Gasteiger partial charge is 0.458 e. The minimum Gasteiger partial charge on any atom is -0.458 e. The van der Waals surface area contributed by atoms with E-state index in [-0.39, 0.29) is 13.0 Å². The van der Waals surface area contributed by atoms with Crippen molar-refractivity contribution in [3.8, 4) is 0 Å². The number of ether oxygens (including phenoxy) is 4. The van der Waals surface area contributed by atoms with Crippen LogP contribution in [0.5, 0.6) is 0 Å². The van der Waals surface area contributed by atoms with Gasteiger partial charge in [0.15, 0.2) is 5.78 Å². The second-order valence-electron chi connectivity index (χ2n) is 13.5. The van der Waals surface area contributed by atoms with E-state index in [1.54, 1.807) is 41.5 Å². The molecule has 3 saturated carbocycles. The summed E-state index contributed by atoms with van der Waals surface area (Å²) in [6, 6.07) is 0. The van der Waals surface area contributed by atoms with Crippen LogP contribution in [-0.4, -0.2) is 82.4 Å². The monoisotopic (exact) mass is 578 g/mol. The molecule has 228 valence electrons. The fraction of sp³-hybridized carbons (Fsp3) is 0.833. The van der Waals surface area contributed by atoms with E-state index in [9.17, 15) is 34.2 Å². The van der Waals surface area contributed by atoms with Gasteiger partial charge < -0.3 is 29.2 Å². The summed E-state index contributed by atoms with van der Waals surface area (Å²) in [5, 5.41) is 23.3. The maximum absolute atomic E-state index is 14.0. The average Bonchev–Trinajstić information content (AvgIpc) is 3.20. The third kappa shape index (κ3) is 3.77. The number of ketones is 2. The summed E-state index contributed by atoms with van der Waals surface area (Å²) in [5.41, 5.74) is -4.59. The molecule has 3 aliphatic carbocycles. The van der Waals surface area contributed by atoms with Crippen molar-refractivity contribution in [2.24, 2.45) is 46.3 Å². The highest BCUT2D eigenvalue weighted by Crippen LogP contribution is 2.72. The van der Waals surface area contributed by atoms with Gasteiger partial charge >= 0.3 is 17.9 Å². The molecule has 0 aromatic rings. The molecule has 0 amide bonds. The number of Topliss-reactive ketones (excluding diaryl/α,β-unsaturated/α-hetero) is 2. The molecule has 11 nitrogen and oxygen atoms in total. The number of carbonyl (C=O) groups excluding carboxylic acids is 5. The minimum absolute atomic E-state index is 0.0949. The standard InChI is InChI=1S/C30H42O11/c1-8-12(3)25(35)39-18-16-14(5)10-15(31)22(33)28(16,6)20-17(32)23(34)29(7)21-19(40-26(36)13(4)9-2)27(37)41-24(18)30(20,21)11-38-29/h12-14,16-21,23-24,32,34H,8-11H2,1-7H3/t12?,13?,14?,16-,17-,18-,19-,20-,21+,23+,24-,28+,29+,30-/m1/s1. The summed E-state index contributed by atoms with van der Waals surface area (Å²) in [6.45, 7) is 11.7. The van der Waals surface area contributed by atoms with E-state index >= 15 is 0 Å². The molecule has 2 bridgehead atoms. The fourth-order valence-corrected chi connectivity index (χ4v) is 8.96. The van der Waals surface area contributed by atoms with Crippen molar-refractivity contribution in [2.75, 3.05) is 6.61 Å². The molecule has 41 heavy (non-hydrogen) atoms. The first-order chi connectivity index (χ1) is 19.1. The van der Waals surface area contributed by atoms with Crippen molar-refractivity contribution in [3.63, 3.8) is 0 Å². The summed E-state index contributed by atoms with van der Waals surface area (Å²) >= 11 is 0. The van der Waals surface area contributed by atoms with Crippen molar-refractivity contribution in [2.45, 2.75) is 104 Å². The molecular formula is C30H42O11. The first-order valence-corrected chi connectivity index (χ1v) is 14.8. The highest BCUT2D eigenvalue weighted by atomic mass is 16.6. The van der Waals surface area contributed by atoms with Crippen molar-refractivity contribution < 1.29 is 53.1 Å². The number of hydrogen-bond donors (Lipinski definition) is 2. The van der Waals surface area contributed by atoms with Crippen LogP contribution in [0.3, 0.4) is 0 Å². The van der Waals surface area contributed by atoms with Gasteiger partial charge in [0.25, 0.3) is 0 Å². The van der Waals surface area contributed by atoms with Crippen LogP contribution in [0.1, 0.15) is 67.7 Å². The zero-order valence-electron chi connectivity index (χ0n) is 24.7. The maximum atomic E-state index is 14.0. The molecule has 0 radical (unpaired) electrons. The predicted octanol–water partition coefficient (Wildman–Crippen LogP) is 1.38. The number of aliphatic hydroxyl groups excluding tert-OH is 2. The van der Waals surface area contributed by atoms with Crippen LogP contribution >= 0.6 is 0 Å². The fourth-order valence-electron chi connectivity index (χ4n) is 8.96. The van der Waals surface area contributed by atoms with E-state index in [0.717, 1.165) is 0 Å². The van der Waals surface area contributed by atoms with Crippen LogP contribution in [0.15, 0.2) is 0 Å². The summed E-state index contributed by atoms with van der Waals surface area (Å²) < 4.78 is 24.2. The second-order valence-corrected chi connectivity index (χ2v) is 13.5. The van der Waals surface area contributed by atoms with Gasteiger partial charge in [-0.15, -0.1) is 0 Å². The smallest absolute Gasteiger partial charge is 0.348 e. The molecular weight excluding hydrogens is 536 g/mol. The normalized spacial score (nSPS) is 47.9. The number of aliphatic hydroxyl groups is 2. The lowest BCUT2D eigenvalue weighted by molar-refractivity contribution is -0.313. The van der Waals surface area contributed by atoms with Gasteiger partial charge in [-0.2, -0.15) is 0 Å². The van der Waals surface area contributed by atoms with Gasteiger partial charge in [0.2, 0.25) is 11.9 Å². The van der Waals surface area contributed by atoms with Crippen LogP contribution in [-0.2, 0) is 42.9 Å². The second kappa shape index (κ2) is 9.84. The van der Waals surface area contributed by atoms with Crippen molar-refractivity contribution in [1.29, 1.82) is 0 Å². The van der Waals surface area contributed by atoms with Crippen LogP contribution in [0.2, 0.25) is 0 Å². The lowest BCUT2D eigenvalue weighted by Gasteiger charge is -2.68. The first kappa shape index (κ1) is 30.1. The van der Waals surface area contributed by atoms with Gasteiger partial charge in [-0.1, -0.05) is 41.5 Å². The Kier molecular flexibility index (Phi) is 7.22. The third-order valence-electron chi connectivity index (χ3n) is 11.3. The van der Waals surface area contributed by atoms with E-state index in [1.165, 1.54) is 0 Å². The van der Waals surface area contributed by atoms with Gasteiger partial charge in [0.05, 0.1) is 35.9 Å². The molecule has 0 aromatic heterocycles. The Balaban J connectivity index is 1.75. The van der Waals surface area contributed by atoms with Crippen LogP contribution in [0, 0.1) is 46.3 Å². The van der Waals surface area contributed by atoms with E-state index in [2.05, 4.69) is 0 Å².